The van der Waals surface area contributed by atoms with Gasteiger partial charge in [0.1, 0.15) is 12.4 Å². The summed E-state index contributed by atoms with van der Waals surface area (Å²) in [5.74, 6) is 0.943. The molecule has 0 radical (unpaired) electrons. The summed E-state index contributed by atoms with van der Waals surface area (Å²) in [7, 11) is 0. The van der Waals surface area contributed by atoms with Crippen LogP contribution in [0.2, 0.25) is 0 Å². The number of thiophene rings is 1. The van der Waals surface area contributed by atoms with Gasteiger partial charge in [0.2, 0.25) is 0 Å². The normalized spacial score (nSPS) is 12.4. The predicted octanol–water partition coefficient (Wildman–Crippen LogP) is 5.91. The van der Waals surface area contributed by atoms with Gasteiger partial charge in [-0.1, -0.05) is 22.9 Å². The molecule has 0 aliphatic rings. The maximum atomic E-state index is 6.02. The van der Waals surface area contributed by atoms with Crippen LogP contribution in [0.5, 0.6) is 5.75 Å². The molecule has 114 valence electrons. The number of hydrogen-bond donors (Lipinski definition) is 1. The molecule has 0 aliphatic heterocycles. The lowest BCUT2D eigenvalue weighted by Crippen LogP contribution is -2.20. The summed E-state index contributed by atoms with van der Waals surface area (Å²) in [6, 6.07) is 8.56. The van der Waals surface area contributed by atoms with Crippen LogP contribution < -0.4 is 10.1 Å². The van der Waals surface area contributed by atoms with Gasteiger partial charge in [0.25, 0.3) is 0 Å². The van der Waals surface area contributed by atoms with Crippen molar-refractivity contribution in [3.05, 3.63) is 49.0 Å². The summed E-state index contributed by atoms with van der Waals surface area (Å²) in [6.07, 6.45) is 1.12. The molecular weight excluding hydrogens is 414 g/mol. The van der Waals surface area contributed by atoms with Crippen molar-refractivity contribution in [2.24, 2.45) is 0 Å². The fourth-order valence-corrected chi connectivity index (χ4v) is 3.78. The summed E-state index contributed by atoms with van der Waals surface area (Å²) in [5, 5.41) is 5.59. The highest BCUT2D eigenvalue weighted by Gasteiger charge is 2.12. The van der Waals surface area contributed by atoms with Crippen molar-refractivity contribution in [2.75, 3.05) is 6.54 Å². The van der Waals surface area contributed by atoms with E-state index in [1.54, 1.807) is 11.3 Å². The molecule has 0 fully saturated rings. The van der Waals surface area contributed by atoms with Crippen molar-refractivity contribution in [3.63, 3.8) is 0 Å². The Bertz CT molecular complexity index is 585. The average molecular weight is 433 g/mol. The van der Waals surface area contributed by atoms with Crippen LogP contribution in [0.15, 0.2) is 38.6 Å². The molecule has 2 rings (SSSR count). The van der Waals surface area contributed by atoms with Crippen LogP contribution in [0, 0.1) is 0 Å². The first-order valence-electron chi connectivity index (χ1n) is 6.98. The van der Waals surface area contributed by atoms with Gasteiger partial charge in [-0.15, -0.1) is 11.3 Å². The Labute approximate surface area is 147 Å². The van der Waals surface area contributed by atoms with Gasteiger partial charge in [-0.3, -0.25) is 0 Å². The Hall–Kier alpha value is -0.360. The Morgan fingerprint density at radius 3 is 2.71 bits per heavy atom. The maximum absolute atomic E-state index is 6.02. The molecule has 21 heavy (non-hydrogen) atoms. The Morgan fingerprint density at radius 2 is 2.05 bits per heavy atom. The van der Waals surface area contributed by atoms with Crippen molar-refractivity contribution >= 4 is 43.2 Å². The lowest BCUT2D eigenvalue weighted by atomic mass is 10.1. The highest BCUT2D eigenvalue weighted by atomic mass is 79.9. The molecule has 0 aliphatic carbocycles. The zero-order valence-electron chi connectivity index (χ0n) is 12.2. The molecule has 1 aromatic carbocycles. The molecule has 1 aromatic heterocycles. The molecule has 0 saturated carbocycles. The summed E-state index contributed by atoms with van der Waals surface area (Å²) in [6.45, 7) is 5.95. The van der Waals surface area contributed by atoms with E-state index in [2.05, 4.69) is 68.5 Å². The Kier molecular flexibility index (Phi) is 6.74. The van der Waals surface area contributed by atoms with Crippen LogP contribution in [0.1, 0.15) is 36.8 Å². The quantitative estimate of drug-likeness (QED) is 0.586. The maximum Gasteiger partial charge on any atom is 0.124 e. The SMILES string of the molecule is CCCNC(C)c1cc(Br)ccc1OCc1cc(Br)cs1. The lowest BCUT2D eigenvalue weighted by molar-refractivity contribution is 0.303. The van der Waals surface area contributed by atoms with E-state index in [9.17, 15) is 0 Å². The summed E-state index contributed by atoms with van der Waals surface area (Å²) < 4.78 is 8.21. The van der Waals surface area contributed by atoms with Crippen LogP contribution >= 0.6 is 43.2 Å². The van der Waals surface area contributed by atoms with Gasteiger partial charge < -0.3 is 10.1 Å². The molecule has 1 unspecified atom stereocenters. The van der Waals surface area contributed by atoms with Crippen molar-refractivity contribution < 1.29 is 4.74 Å². The average Bonchev–Trinajstić information content (AvgIpc) is 2.89. The van der Waals surface area contributed by atoms with Gasteiger partial charge in [0.05, 0.1) is 0 Å². The van der Waals surface area contributed by atoms with Gasteiger partial charge in [0, 0.05) is 30.8 Å². The van der Waals surface area contributed by atoms with Crippen molar-refractivity contribution in [1.82, 2.24) is 5.32 Å². The van der Waals surface area contributed by atoms with Crippen LogP contribution in [0.3, 0.4) is 0 Å². The van der Waals surface area contributed by atoms with Crippen molar-refractivity contribution in [1.29, 1.82) is 0 Å². The molecule has 1 N–H and O–H groups in total. The smallest absolute Gasteiger partial charge is 0.124 e. The molecule has 0 spiro atoms. The predicted molar refractivity (Wildman–Crippen MR) is 97.2 cm³/mol. The topological polar surface area (TPSA) is 21.3 Å². The minimum atomic E-state index is 0.271. The van der Waals surface area contributed by atoms with Crippen molar-refractivity contribution in [3.8, 4) is 5.75 Å². The van der Waals surface area contributed by atoms with Crippen LogP contribution in [-0.2, 0) is 6.61 Å². The minimum Gasteiger partial charge on any atom is -0.488 e. The van der Waals surface area contributed by atoms with Gasteiger partial charge in [-0.05, 0) is 60.1 Å². The van der Waals surface area contributed by atoms with Crippen LogP contribution in [0.25, 0.3) is 0 Å². The third-order valence-corrected chi connectivity index (χ3v) is 5.29. The van der Waals surface area contributed by atoms with E-state index in [0.717, 1.165) is 27.7 Å². The number of ether oxygens (including phenoxy) is 1. The summed E-state index contributed by atoms with van der Waals surface area (Å²) in [4.78, 5) is 1.21. The molecular formula is C16H19Br2NOS. The van der Waals surface area contributed by atoms with E-state index < -0.39 is 0 Å². The first-order chi connectivity index (χ1) is 10.1. The van der Waals surface area contributed by atoms with E-state index in [-0.39, 0.29) is 6.04 Å². The molecule has 0 amide bonds. The first-order valence-corrected chi connectivity index (χ1v) is 9.45. The van der Waals surface area contributed by atoms with Gasteiger partial charge >= 0.3 is 0 Å². The Morgan fingerprint density at radius 1 is 1.24 bits per heavy atom. The van der Waals surface area contributed by atoms with Crippen molar-refractivity contribution in [2.45, 2.75) is 32.9 Å². The van der Waals surface area contributed by atoms with E-state index in [1.807, 2.05) is 12.1 Å². The minimum absolute atomic E-state index is 0.271. The molecule has 1 atom stereocenters. The highest BCUT2D eigenvalue weighted by molar-refractivity contribution is 9.10. The lowest BCUT2D eigenvalue weighted by Gasteiger charge is -2.18. The second-order valence-electron chi connectivity index (χ2n) is 4.88. The van der Waals surface area contributed by atoms with E-state index in [0.29, 0.717) is 6.61 Å². The summed E-state index contributed by atoms with van der Waals surface area (Å²) >= 11 is 8.72. The van der Waals surface area contributed by atoms with Gasteiger partial charge in [0.15, 0.2) is 0 Å². The number of rotatable bonds is 7. The molecule has 0 saturated heterocycles. The fraction of sp³-hybridized carbons (Fsp3) is 0.375. The molecule has 2 aromatic rings. The fourth-order valence-electron chi connectivity index (χ4n) is 2.04. The zero-order valence-corrected chi connectivity index (χ0v) is 16.1. The standard InChI is InChI=1S/C16H19Br2NOS/c1-3-6-19-11(2)15-8-12(17)4-5-16(15)20-9-14-7-13(18)10-21-14/h4-5,7-8,10-11,19H,3,6,9H2,1-2H3. The molecule has 1 heterocycles. The second kappa shape index (κ2) is 8.32. The molecule has 5 heteroatoms. The van der Waals surface area contributed by atoms with E-state index in [1.165, 1.54) is 10.4 Å². The van der Waals surface area contributed by atoms with E-state index in [4.69, 9.17) is 4.74 Å². The third kappa shape index (κ3) is 5.09. The number of hydrogen-bond acceptors (Lipinski definition) is 3. The number of halogens is 2. The van der Waals surface area contributed by atoms with Gasteiger partial charge in [-0.2, -0.15) is 0 Å². The van der Waals surface area contributed by atoms with E-state index >= 15 is 0 Å². The molecule has 2 nitrogen and oxygen atoms in total. The van der Waals surface area contributed by atoms with Gasteiger partial charge in [-0.25, -0.2) is 0 Å². The highest BCUT2D eigenvalue weighted by Crippen LogP contribution is 2.30. The first kappa shape index (κ1) is 17.0. The molecule has 0 bridgehead atoms. The summed E-state index contributed by atoms with van der Waals surface area (Å²) in [5.41, 5.74) is 1.19. The van der Waals surface area contributed by atoms with Crippen LogP contribution in [-0.4, -0.2) is 6.54 Å². The second-order valence-corrected chi connectivity index (χ2v) is 7.71. The number of nitrogens with one attached hydrogen (secondary N) is 1. The largest absolute Gasteiger partial charge is 0.488 e. The Balaban J connectivity index is 2.10. The third-order valence-electron chi connectivity index (χ3n) is 3.13. The van der Waals surface area contributed by atoms with Crippen LogP contribution in [0.4, 0.5) is 0 Å². The number of benzene rings is 1. The monoisotopic (exact) mass is 431 g/mol. The zero-order chi connectivity index (χ0) is 15.2.